The first-order valence-corrected chi connectivity index (χ1v) is 3.93. The summed E-state index contributed by atoms with van der Waals surface area (Å²) in [6, 6.07) is 2.12. The highest BCUT2D eigenvalue weighted by Crippen LogP contribution is 1.96. The molecule has 0 radical (unpaired) electrons. The zero-order chi connectivity index (χ0) is 7.66. The van der Waals surface area contributed by atoms with Gasteiger partial charge in [0.15, 0.2) is 0 Å². The van der Waals surface area contributed by atoms with Crippen LogP contribution in [0.5, 0.6) is 0 Å². The molecule has 0 fully saturated rings. The van der Waals surface area contributed by atoms with Crippen molar-refractivity contribution in [2.45, 2.75) is 39.0 Å². The van der Waals surface area contributed by atoms with Crippen LogP contribution in [-0.2, 0) is 0 Å². The summed E-state index contributed by atoms with van der Waals surface area (Å²) in [6.07, 6.45) is 9.51. The number of hydrogen-bond acceptors (Lipinski definition) is 1. The lowest BCUT2D eigenvalue weighted by Crippen LogP contribution is -1.68. The first kappa shape index (κ1) is 9.23. The summed E-state index contributed by atoms with van der Waals surface area (Å²) in [5.41, 5.74) is 0. The average Bonchev–Trinajstić information content (AvgIpc) is 1.97. The van der Waals surface area contributed by atoms with E-state index in [-0.39, 0.29) is 0 Å². The van der Waals surface area contributed by atoms with Crippen molar-refractivity contribution in [3.05, 3.63) is 12.2 Å². The first-order chi connectivity index (χ1) is 4.91. The second kappa shape index (κ2) is 8.23. The van der Waals surface area contributed by atoms with Gasteiger partial charge in [0, 0.05) is 6.42 Å². The van der Waals surface area contributed by atoms with Crippen LogP contribution >= 0.6 is 0 Å². The maximum atomic E-state index is 8.19. The fourth-order valence-corrected chi connectivity index (χ4v) is 0.701. The van der Waals surface area contributed by atoms with Crippen molar-refractivity contribution in [1.29, 1.82) is 5.26 Å². The van der Waals surface area contributed by atoms with Crippen LogP contribution in [0.2, 0.25) is 0 Å². The number of nitriles is 1. The van der Waals surface area contributed by atoms with Gasteiger partial charge in [-0.15, -0.1) is 0 Å². The lowest BCUT2D eigenvalue weighted by molar-refractivity contribution is 0.866. The topological polar surface area (TPSA) is 23.8 Å². The molecule has 0 aromatic carbocycles. The molecule has 0 saturated carbocycles. The molecule has 0 saturated heterocycles. The number of nitrogens with zero attached hydrogens (tertiary/aromatic N) is 1. The number of hydrogen-bond donors (Lipinski definition) is 0. The molecular formula is C9H15N. The van der Waals surface area contributed by atoms with Gasteiger partial charge in [-0.1, -0.05) is 25.5 Å². The summed E-state index contributed by atoms with van der Waals surface area (Å²) in [7, 11) is 0. The van der Waals surface area contributed by atoms with Crippen molar-refractivity contribution >= 4 is 0 Å². The highest BCUT2D eigenvalue weighted by atomic mass is 14.2. The molecule has 0 aliphatic heterocycles. The minimum Gasteiger partial charge on any atom is -0.198 e. The van der Waals surface area contributed by atoms with Crippen molar-refractivity contribution in [2.24, 2.45) is 0 Å². The first-order valence-electron chi connectivity index (χ1n) is 3.93. The Morgan fingerprint density at radius 3 is 2.60 bits per heavy atom. The predicted octanol–water partition coefficient (Wildman–Crippen LogP) is 3.04. The maximum absolute atomic E-state index is 8.19. The Morgan fingerprint density at radius 1 is 1.30 bits per heavy atom. The number of allylic oxidation sites excluding steroid dienone is 2. The van der Waals surface area contributed by atoms with Gasteiger partial charge in [-0.25, -0.2) is 0 Å². The fourth-order valence-electron chi connectivity index (χ4n) is 0.701. The minimum atomic E-state index is 0.691. The standard InChI is InChI=1S/C9H15N/c1-2-3-4-5-6-7-8-9-10/h4-5H,2-3,6-8H2,1H3. The van der Waals surface area contributed by atoms with Gasteiger partial charge in [0.2, 0.25) is 0 Å². The summed E-state index contributed by atoms with van der Waals surface area (Å²) in [5, 5.41) is 8.19. The lowest BCUT2D eigenvalue weighted by atomic mass is 10.2. The molecule has 0 unspecified atom stereocenters. The largest absolute Gasteiger partial charge is 0.198 e. The van der Waals surface area contributed by atoms with E-state index in [0.29, 0.717) is 6.42 Å². The van der Waals surface area contributed by atoms with Gasteiger partial charge in [0.25, 0.3) is 0 Å². The maximum Gasteiger partial charge on any atom is 0.0621 e. The highest BCUT2D eigenvalue weighted by Gasteiger charge is 1.79. The van der Waals surface area contributed by atoms with E-state index in [2.05, 4.69) is 25.1 Å². The van der Waals surface area contributed by atoms with Gasteiger partial charge in [-0.2, -0.15) is 5.26 Å². The fraction of sp³-hybridized carbons (Fsp3) is 0.667. The Balaban J connectivity index is 2.96. The highest BCUT2D eigenvalue weighted by molar-refractivity contribution is 4.82. The van der Waals surface area contributed by atoms with E-state index < -0.39 is 0 Å². The van der Waals surface area contributed by atoms with Crippen LogP contribution < -0.4 is 0 Å². The molecule has 1 heteroatoms. The van der Waals surface area contributed by atoms with E-state index in [1.807, 2.05) is 0 Å². The van der Waals surface area contributed by atoms with Crippen molar-refractivity contribution in [3.8, 4) is 6.07 Å². The SMILES string of the molecule is CCCC=CCCCC#N. The molecule has 0 aliphatic rings. The van der Waals surface area contributed by atoms with Crippen LogP contribution in [0.15, 0.2) is 12.2 Å². The predicted molar refractivity (Wildman–Crippen MR) is 43.5 cm³/mol. The molecule has 0 spiro atoms. The van der Waals surface area contributed by atoms with Crippen LogP contribution in [0.25, 0.3) is 0 Å². The second-order valence-electron chi connectivity index (χ2n) is 2.31. The van der Waals surface area contributed by atoms with E-state index in [9.17, 15) is 0 Å². The van der Waals surface area contributed by atoms with Gasteiger partial charge < -0.3 is 0 Å². The molecule has 1 nitrogen and oxygen atoms in total. The zero-order valence-electron chi connectivity index (χ0n) is 6.64. The Hall–Kier alpha value is -0.770. The van der Waals surface area contributed by atoms with Gasteiger partial charge in [-0.05, 0) is 19.3 Å². The van der Waals surface area contributed by atoms with Crippen LogP contribution in [0.4, 0.5) is 0 Å². The Labute approximate surface area is 63.4 Å². The van der Waals surface area contributed by atoms with Crippen molar-refractivity contribution in [3.63, 3.8) is 0 Å². The second-order valence-corrected chi connectivity index (χ2v) is 2.31. The lowest BCUT2D eigenvalue weighted by Gasteiger charge is -1.86. The van der Waals surface area contributed by atoms with Crippen LogP contribution in [0.3, 0.4) is 0 Å². The quantitative estimate of drug-likeness (QED) is 0.422. The number of unbranched alkanes of at least 4 members (excludes halogenated alkanes) is 3. The summed E-state index contributed by atoms with van der Waals surface area (Å²) >= 11 is 0. The van der Waals surface area contributed by atoms with Crippen LogP contribution in [0.1, 0.15) is 39.0 Å². The smallest absolute Gasteiger partial charge is 0.0621 e. The summed E-state index contributed by atoms with van der Waals surface area (Å²) in [6.45, 7) is 2.17. The van der Waals surface area contributed by atoms with Gasteiger partial charge in [-0.3, -0.25) is 0 Å². The molecule has 0 bridgehead atoms. The Morgan fingerprint density at radius 2 is 2.00 bits per heavy atom. The third-order valence-electron chi connectivity index (χ3n) is 1.28. The monoisotopic (exact) mass is 137 g/mol. The molecule has 0 aliphatic carbocycles. The molecule has 56 valence electrons. The minimum absolute atomic E-state index is 0.691. The van der Waals surface area contributed by atoms with Gasteiger partial charge in [0.05, 0.1) is 6.07 Å². The Bertz CT molecular complexity index is 119. The zero-order valence-corrected chi connectivity index (χ0v) is 6.64. The normalized spacial score (nSPS) is 10.0. The summed E-state index contributed by atoms with van der Waals surface area (Å²) in [5.74, 6) is 0. The Kier molecular flexibility index (Phi) is 7.60. The third-order valence-corrected chi connectivity index (χ3v) is 1.28. The van der Waals surface area contributed by atoms with Crippen LogP contribution in [0, 0.1) is 11.3 Å². The summed E-state index contributed by atoms with van der Waals surface area (Å²) in [4.78, 5) is 0. The molecule has 0 N–H and O–H groups in total. The van der Waals surface area contributed by atoms with Gasteiger partial charge in [0.1, 0.15) is 0 Å². The molecule has 0 atom stereocenters. The molecule has 0 aromatic rings. The van der Waals surface area contributed by atoms with Crippen molar-refractivity contribution in [2.75, 3.05) is 0 Å². The van der Waals surface area contributed by atoms with E-state index in [0.717, 1.165) is 12.8 Å². The summed E-state index contributed by atoms with van der Waals surface area (Å²) < 4.78 is 0. The van der Waals surface area contributed by atoms with E-state index >= 15 is 0 Å². The van der Waals surface area contributed by atoms with E-state index in [1.165, 1.54) is 12.8 Å². The molecule has 0 rings (SSSR count). The molecule has 0 amide bonds. The molecule has 0 heterocycles. The van der Waals surface area contributed by atoms with Crippen LogP contribution in [-0.4, -0.2) is 0 Å². The van der Waals surface area contributed by atoms with Gasteiger partial charge >= 0.3 is 0 Å². The average molecular weight is 137 g/mol. The molecule has 10 heavy (non-hydrogen) atoms. The van der Waals surface area contributed by atoms with E-state index in [1.54, 1.807) is 0 Å². The van der Waals surface area contributed by atoms with Crippen molar-refractivity contribution in [1.82, 2.24) is 0 Å². The molecular weight excluding hydrogens is 122 g/mol. The van der Waals surface area contributed by atoms with Crippen molar-refractivity contribution < 1.29 is 0 Å². The number of rotatable bonds is 5. The molecule has 0 aromatic heterocycles. The van der Waals surface area contributed by atoms with E-state index in [4.69, 9.17) is 5.26 Å². The third kappa shape index (κ3) is 7.23.